The summed E-state index contributed by atoms with van der Waals surface area (Å²) in [5.41, 5.74) is 0. The number of carboxylic acids is 1. The Balaban J connectivity index is 3.82. The summed E-state index contributed by atoms with van der Waals surface area (Å²) in [4.78, 5) is 22.7. The molecule has 0 aromatic heterocycles. The van der Waals surface area contributed by atoms with E-state index in [0.29, 0.717) is 18.8 Å². The maximum absolute atomic E-state index is 11.6. The van der Waals surface area contributed by atoms with E-state index in [1.54, 1.807) is 0 Å². The number of aliphatic carboxylic acids is 1. The largest absolute Gasteiger partial charge is 0.479 e. The van der Waals surface area contributed by atoms with Gasteiger partial charge < -0.3 is 9.84 Å². The van der Waals surface area contributed by atoms with Crippen molar-refractivity contribution >= 4 is 11.9 Å². The maximum atomic E-state index is 11.6. The monoisotopic (exact) mass is 300 g/mol. The Morgan fingerprint density at radius 3 is 2.05 bits per heavy atom. The molecule has 21 heavy (non-hydrogen) atoms. The average Bonchev–Trinajstić information content (AvgIpc) is 2.42. The molecule has 1 N–H and O–H groups in total. The molecule has 0 saturated carbocycles. The minimum Gasteiger partial charge on any atom is -0.479 e. The van der Waals surface area contributed by atoms with Gasteiger partial charge in [-0.1, -0.05) is 59.3 Å². The summed E-state index contributed by atoms with van der Waals surface area (Å²) in [6.07, 6.45) is 8.41. The zero-order chi connectivity index (χ0) is 16.1. The summed E-state index contributed by atoms with van der Waals surface area (Å²) < 4.78 is 5.07. The van der Waals surface area contributed by atoms with Crippen LogP contribution in [0.5, 0.6) is 0 Å². The van der Waals surface area contributed by atoms with Crippen molar-refractivity contribution in [3.8, 4) is 0 Å². The first-order chi connectivity index (χ1) is 9.97. The van der Waals surface area contributed by atoms with Crippen molar-refractivity contribution in [3.05, 3.63) is 0 Å². The molecule has 0 fully saturated rings. The summed E-state index contributed by atoms with van der Waals surface area (Å²) >= 11 is 0. The molecule has 0 aliphatic carbocycles. The van der Waals surface area contributed by atoms with E-state index in [4.69, 9.17) is 9.84 Å². The Bertz CT molecular complexity index is 287. The second-order valence-electron chi connectivity index (χ2n) is 6.16. The zero-order valence-electron chi connectivity index (χ0n) is 13.9. The molecule has 1 atom stereocenters. The van der Waals surface area contributed by atoms with E-state index in [0.717, 1.165) is 25.7 Å². The highest BCUT2D eigenvalue weighted by atomic mass is 16.6. The van der Waals surface area contributed by atoms with Crippen LogP contribution in [0.15, 0.2) is 0 Å². The summed E-state index contributed by atoms with van der Waals surface area (Å²) in [5, 5.41) is 9.09. The van der Waals surface area contributed by atoms with Crippen LogP contribution in [0.25, 0.3) is 0 Å². The Kier molecular flexibility index (Phi) is 12.0. The van der Waals surface area contributed by atoms with Crippen molar-refractivity contribution in [1.82, 2.24) is 0 Å². The lowest BCUT2D eigenvalue weighted by atomic mass is 10.1. The Morgan fingerprint density at radius 2 is 1.52 bits per heavy atom. The summed E-state index contributed by atoms with van der Waals surface area (Å²) in [6, 6.07) is 0. The van der Waals surface area contributed by atoms with E-state index in [9.17, 15) is 9.59 Å². The van der Waals surface area contributed by atoms with E-state index in [-0.39, 0.29) is 5.97 Å². The van der Waals surface area contributed by atoms with Gasteiger partial charge in [0.25, 0.3) is 0 Å². The van der Waals surface area contributed by atoms with Gasteiger partial charge in [0.05, 0.1) is 0 Å². The molecular weight excluding hydrogens is 268 g/mol. The van der Waals surface area contributed by atoms with Gasteiger partial charge in [-0.2, -0.15) is 0 Å². The van der Waals surface area contributed by atoms with Crippen molar-refractivity contribution in [3.63, 3.8) is 0 Å². The van der Waals surface area contributed by atoms with Crippen LogP contribution in [0, 0.1) is 5.92 Å². The molecule has 0 bridgehead atoms. The van der Waals surface area contributed by atoms with E-state index < -0.39 is 12.1 Å². The normalized spacial score (nSPS) is 12.4. The molecule has 0 aromatic rings. The van der Waals surface area contributed by atoms with Crippen LogP contribution in [-0.2, 0) is 14.3 Å². The minimum absolute atomic E-state index is 0.304. The van der Waals surface area contributed by atoms with Gasteiger partial charge in [0, 0.05) is 6.42 Å². The quantitative estimate of drug-likeness (QED) is 0.400. The molecule has 0 rings (SSSR count). The molecule has 4 heteroatoms. The maximum Gasteiger partial charge on any atom is 0.345 e. The highest BCUT2D eigenvalue weighted by Gasteiger charge is 2.21. The predicted octanol–water partition coefficient (Wildman–Crippen LogP) is 4.56. The number of carbonyl (C=O) groups excluding carboxylic acids is 1. The number of ether oxygens (including phenoxy) is 1. The lowest BCUT2D eigenvalue weighted by Crippen LogP contribution is -2.27. The standard InChI is InChI=1S/C17H32O4/c1-4-5-6-7-8-9-10-11-15(17(19)20)21-16(18)13-12-14(2)3/h14-15H,4-13H2,1-3H3,(H,19,20). The van der Waals surface area contributed by atoms with Gasteiger partial charge in [-0.3, -0.25) is 4.79 Å². The van der Waals surface area contributed by atoms with Crippen LogP contribution in [0.1, 0.15) is 85.0 Å². The van der Waals surface area contributed by atoms with E-state index in [2.05, 4.69) is 6.92 Å². The number of esters is 1. The fourth-order valence-electron chi connectivity index (χ4n) is 2.14. The van der Waals surface area contributed by atoms with Crippen molar-refractivity contribution in [1.29, 1.82) is 0 Å². The minimum atomic E-state index is -1.03. The molecule has 0 radical (unpaired) electrons. The first-order valence-electron chi connectivity index (χ1n) is 8.39. The van der Waals surface area contributed by atoms with Crippen molar-refractivity contribution < 1.29 is 19.4 Å². The molecule has 0 amide bonds. The van der Waals surface area contributed by atoms with Crippen LogP contribution in [-0.4, -0.2) is 23.1 Å². The molecule has 0 aliphatic heterocycles. The lowest BCUT2D eigenvalue weighted by Gasteiger charge is -2.14. The number of carboxylic acid groups (broad SMARTS) is 1. The van der Waals surface area contributed by atoms with E-state index in [1.807, 2.05) is 13.8 Å². The third-order valence-electron chi connectivity index (χ3n) is 3.54. The Hall–Kier alpha value is -1.06. The van der Waals surface area contributed by atoms with Crippen LogP contribution in [0.3, 0.4) is 0 Å². The molecule has 4 nitrogen and oxygen atoms in total. The van der Waals surface area contributed by atoms with Gasteiger partial charge in [0.2, 0.25) is 0 Å². The molecule has 0 spiro atoms. The van der Waals surface area contributed by atoms with Crippen LogP contribution in [0.2, 0.25) is 0 Å². The highest BCUT2D eigenvalue weighted by molar-refractivity contribution is 5.77. The lowest BCUT2D eigenvalue weighted by molar-refractivity contribution is -0.164. The first kappa shape index (κ1) is 19.9. The van der Waals surface area contributed by atoms with Gasteiger partial charge in [-0.25, -0.2) is 4.79 Å². The average molecular weight is 300 g/mol. The number of carbonyl (C=O) groups is 2. The van der Waals surface area contributed by atoms with Gasteiger partial charge in [-0.05, 0) is 25.2 Å². The number of hydrogen-bond acceptors (Lipinski definition) is 3. The van der Waals surface area contributed by atoms with Gasteiger partial charge in [-0.15, -0.1) is 0 Å². The number of hydrogen-bond donors (Lipinski definition) is 1. The Morgan fingerprint density at radius 1 is 0.952 bits per heavy atom. The number of unbranched alkanes of at least 4 members (excludes halogenated alkanes) is 6. The molecule has 0 heterocycles. The highest BCUT2D eigenvalue weighted by Crippen LogP contribution is 2.13. The predicted molar refractivity (Wildman–Crippen MR) is 84.2 cm³/mol. The molecule has 0 saturated heterocycles. The first-order valence-corrected chi connectivity index (χ1v) is 8.39. The number of rotatable bonds is 13. The van der Waals surface area contributed by atoms with E-state index >= 15 is 0 Å². The molecule has 0 aliphatic rings. The molecule has 0 aromatic carbocycles. The van der Waals surface area contributed by atoms with Crippen LogP contribution < -0.4 is 0 Å². The second kappa shape index (κ2) is 12.7. The van der Waals surface area contributed by atoms with Crippen molar-refractivity contribution in [2.75, 3.05) is 0 Å². The zero-order valence-corrected chi connectivity index (χ0v) is 13.9. The Labute approximate surface area is 129 Å². The van der Waals surface area contributed by atoms with Crippen LogP contribution >= 0.6 is 0 Å². The molecular formula is C17H32O4. The smallest absolute Gasteiger partial charge is 0.345 e. The SMILES string of the molecule is CCCCCCCCCC(OC(=O)CCC(C)C)C(=O)O. The molecule has 124 valence electrons. The second-order valence-corrected chi connectivity index (χ2v) is 6.16. The summed E-state index contributed by atoms with van der Waals surface area (Å²) in [6.45, 7) is 6.24. The fraction of sp³-hybridized carbons (Fsp3) is 0.882. The van der Waals surface area contributed by atoms with Crippen LogP contribution in [0.4, 0.5) is 0 Å². The summed E-state index contributed by atoms with van der Waals surface area (Å²) in [5.74, 6) is -0.998. The van der Waals surface area contributed by atoms with Gasteiger partial charge in [0.15, 0.2) is 6.10 Å². The summed E-state index contributed by atoms with van der Waals surface area (Å²) in [7, 11) is 0. The topological polar surface area (TPSA) is 63.6 Å². The fourth-order valence-corrected chi connectivity index (χ4v) is 2.14. The molecule has 1 unspecified atom stereocenters. The van der Waals surface area contributed by atoms with Gasteiger partial charge >= 0.3 is 11.9 Å². The van der Waals surface area contributed by atoms with Crippen molar-refractivity contribution in [2.24, 2.45) is 5.92 Å². The van der Waals surface area contributed by atoms with Crippen molar-refractivity contribution in [2.45, 2.75) is 91.1 Å². The van der Waals surface area contributed by atoms with Gasteiger partial charge in [0.1, 0.15) is 0 Å². The van der Waals surface area contributed by atoms with E-state index in [1.165, 1.54) is 25.7 Å². The third kappa shape index (κ3) is 12.4. The third-order valence-corrected chi connectivity index (χ3v) is 3.54.